The van der Waals surface area contributed by atoms with Crippen LogP contribution in [0.2, 0.25) is 0 Å². The number of ketones is 1. The van der Waals surface area contributed by atoms with Gasteiger partial charge in [0, 0.05) is 0 Å². The van der Waals surface area contributed by atoms with Gasteiger partial charge in [-0.25, -0.2) is 0 Å². The molecule has 0 spiro atoms. The SMILES string of the molecule is CCCCC1OCC1=O. The highest BCUT2D eigenvalue weighted by Crippen LogP contribution is 2.13. The van der Waals surface area contributed by atoms with Crippen molar-refractivity contribution in [1.82, 2.24) is 0 Å². The van der Waals surface area contributed by atoms with E-state index in [4.69, 9.17) is 4.74 Å². The molecule has 0 aromatic rings. The number of ether oxygens (including phenoxy) is 1. The summed E-state index contributed by atoms with van der Waals surface area (Å²) in [5, 5.41) is 0. The van der Waals surface area contributed by atoms with Crippen molar-refractivity contribution < 1.29 is 9.53 Å². The highest BCUT2D eigenvalue weighted by atomic mass is 16.5. The molecule has 1 aliphatic heterocycles. The smallest absolute Gasteiger partial charge is 0.187 e. The number of Topliss-reactive ketones (excluding diaryl/α,β-unsaturated/α-hetero) is 1. The van der Waals surface area contributed by atoms with Gasteiger partial charge in [-0.2, -0.15) is 0 Å². The van der Waals surface area contributed by atoms with Crippen molar-refractivity contribution in [2.75, 3.05) is 6.61 Å². The van der Waals surface area contributed by atoms with Crippen molar-refractivity contribution >= 4 is 5.78 Å². The van der Waals surface area contributed by atoms with Crippen molar-refractivity contribution in [2.24, 2.45) is 0 Å². The van der Waals surface area contributed by atoms with E-state index in [1.807, 2.05) is 0 Å². The van der Waals surface area contributed by atoms with E-state index in [1.54, 1.807) is 0 Å². The third-order valence-electron chi connectivity index (χ3n) is 1.61. The summed E-state index contributed by atoms with van der Waals surface area (Å²) < 4.78 is 5.00. The van der Waals surface area contributed by atoms with Crippen molar-refractivity contribution in [2.45, 2.75) is 32.3 Å². The number of hydrogen-bond donors (Lipinski definition) is 0. The molecule has 0 saturated carbocycles. The van der Waals surface area contributed by atoms with Gasteiger partial charge >= 0.3 is 0 Å². The molecule has 1 heterocycles. The fourth-order valence-corrected chi connectivity index (χ4v) is 0.903. The molecule has 1 rings (SSSR count). The zero-order chi connectivity index (χ0) is 6.69. The number of carbonyl (C=O) groups is 1. The Balaban J connectivity index is 2.06. The summed E-state index contributed by atoms with van der Waals surface area (Å²) in [5.41, 5.74) is 0. The molecule has 0 radical (unpaired) electrons. The van der Waals surface area contributed by atoms with Gasteiger partial charge in [-0.05, 0) is 6.42 Å². The molecule has 2 nitrogen and oxygen atoms in total. The van der Waals surface area contributed by atoms with E-state index >= 15 is 0 Å². The van der Waals surface area contributed by atoms with E-state index in [2.05, 4.69) is 6.92 Å². The summed E-state index contributed by atoms with van der Waals surface area (Å²) in [6, 6.07) is 0. The first-order chi connectivity index (χ1) is 4.34. The summed E-state index contributed by atoms with van der Waals surface area (Å²) in [6.45, 7) is 2.47. The maximum Gasteiger partial charge on any atom is 0.187 e. The van der Waals surface area contributed by atoms with Gasteiger partial charge in [0.15, 0.2) is 5.78 Å². The third-order valence-corrected chi connectivity index (χ3v) is 1.61. The van der Waals surface area contributed by atoms with Crippen LogP contribution in [0.3, 0.4) is 0 Å². The van der Waals surface area contributed by atoms with E-state index in [0.717, 1.165) is 19.3 Å². The molecule has 0 aliphatic carbocycles. The number of rotatable bonds is 3. The van der Waals surface area contributed by atoms with Crippen molar-refractivity contribution in [3.63, 3.8) is 0 Å². The number of unbranched alkanes of at least 4 members (excludes halogenated alkanes) is 1. The lowest BCUT2D eigenvalue weighted by atomic mass is 10.1. The fraction of sp³-hybridized carbons (Fsp3) is 0.857. The largest absolute Gasteiger partial charge is 0.362 e. The maximum absolute atomic E-state index is 10.6. The first-order valence-corrected chi connectivity index (χ1v) is 3.49. The molecule has 0 N–H and O–H groups in total. The van der Waals surface area contributed by atoms with Crippen molar-refractivity contribution in [3.05, 3.63) is 0 Å². The molecule has 1 unspecified atom stereocenters. The fourth-order valence-electron chi connectivity index (χ4n) is 0.903. The first kappa shape index (κ1) is 6.75. The van der Waals surface area contributed by atoms with E-state index in [9.17, 15) is 4.79 Å². The van der Waals surface area contributed by atoms with Gasteiger partial charge in [0.25, 0.3) is 0 Å². The molecule has 0 amide bonds. The zero-order valence-corrected chi connectivity index (χ0v) is 5.72. The van der Waals surface area contributed by atoms with Crippen LogP contribution in [0.15, 0.2) is 0 Å². The number of carbonyl (C=O) groups excluding carboxylic acids is 1. The van der Waals surface area contributed by atoms with E-state index in [0.29, 0.717) is 6.61 Å². The quantitative estimate of drug-likeness (QED) is 0.569. The van der Waals surface area contributed by atoms with E-state index in [-0.39, 0.29) is 11.9 Å². The lowest BCUT2D eigenvalue weighted by Gasteiger charge is -2.24. The second kappa shape index (κ2) is 2.97. The van der Waals surface area contributed by atoms with Crippen LogP contribution in [0.4, 0.5) is 0 Å². The summed E-state index contributed by atoms with van der Waals surface area (Å²) in [6.07, 6.45) is 3.14. The standard InChI is InChI=1S/C7H12O2/c1-2-3-4-7-6(8)5-9-7/h7H,2-5H2,1H3. The monoisotopic (exact) mass is 128 g/mol. The Morgan fingerprint density at radius 2 is 2.56 bits per heavy atom. The predicted octanol–water partition coefficient (Wildman–Crippen LogP) is 1.14. The summed E-state index contributed by atoms with van der Waals surface area (Å²) in [5.74, 6) is 0.281. The summed E-state index contributed by atoms with van der Waals surface area (Å²) >= 11 is 0. The first-order valence-electron chi connectivity index (χ1n) is 3.49. The van der Waals surface area contributed by atoms with Crippen LogP contribution >= 0.6 is 0 Å². The topological polar surface area (TPSA) is 26.3 Å². The Hall–Kier alpha value is -0.370. The predicted molar refractivity (Wildman–Crippen MR) is 34.3 cm³/mol. The summed E-state index contributed by atoms with van der Waals surface area (Å²) in [7, 11) is 0. The lowest BCUT2D eigenvalue weighted by molar-refractivity contribution is -0.154. The Bertz CT molecular complexity index is 109. The second-order valence-electron chi connectivity index (χ2n) is 2.41. The second-order valence-corrected chi connectivity index (χ2v) is 2.41. The Kier molecular flexibility index (Phi) is 2.22. The highest BCUT2D eigenvalue weighted by molar-refractivity contribution is 5.88. The van der Waals surface area contributed by atoms with Crippen LogP contribution in [0.5, 0.6) is 0 Å². The molecule has 0 aromatic carbocycles. The van der Waals surface area contributed by atoms with Gasteiger partial charge in [0.05, 0.1) is 0 Å². The highest BCUT2D eigenvalue weighted by Gasteiger charge is 2.27. The maximum atomic E-state index is 10.6. The summed E-state index contributed by atoms with van der Waals surface area (Å²) in [4.78, 5) is 10.6. The average molecular weight is 128 g/mol. The van der Waals surface area contributed by atoms with Crippen LogP contribution in [-0.2, 0) is 9.53 Å². The van der Waals surface area contributed by atoms with Gasteiger partial charge in [0.1, 0.15) is 12.7 Å². The van der Waals surface area contributed by atoms with Crippen molar-refractivity contribution in [1.29, 1.82) is 0 Å². The Morgan fingerprint density at radius 1 is 1.78 bits per heavy atom. The molecular formula is C7H12O2. The minimum atomic E-state index is -0.0371. The van der Waals surface area contributed by atoms with Gasteiger partial charge in [0.2, 0.25) is 0 Å². The van der Waals surface area contributed by atoms with Crippen LogP contribution < -0.4 is 0 Å². The number of hydrogen-bond acceptors (Lipinski definition) is 2. The zero-order valence-electron chi connectivity index (χ0n) is 5.72. The van der Waals surface area contributed by atoms with Gasteiger partial charge in [-0.15, -0.1) is 0 Å². The minimum Gasteiger partial charge on any atom is -0.362 e. The minimum absolute atomic E-state index is 0.0371. The molecule has 0 aromatic heterocycles. The Labute approximate surface area is 55.2 Å². The molecule has 1 fully saturated rings. The van der Waals surface area contributed by atoms with Crippen LogP contribution in [0.25, 0.3) is 0 Å². The van der Waals surface area contributed by atoms with Gasteiger partial charge in [-0.1, -0.05) is 19.8 Å². The normalized spacial score (nSPS) is 25.9. The third kappa shape index (κ3) is 1.52. The lowest BCUT2D eigenvalue weighted by Crippen LogP contribution is -2.39. The van der Waals surface area contributed by atoms with Crippen LogP contribution in [-0.4, -0.2) is 18.5 Å². The molecule has 1 aliphatic rings. The van der Waals surface area contributed by atoms with Gasteiger partial charge < -0.3 is 4.74 Å². The van der Waals surface area contributed by atoms with E-state index < -0.39 is 0 Å². The van der Waals surface area contributed by atoms with Gasteiger partial charge in [-0.3, -0.25) is 4.79 Å². The molecule has 1 saturated heterocycles. The molecule has 1 atom stereocenters. The van der Waals surface area contributed by atoms with Crippen molar-refractivity contribution in [3.8, 4) is 0 Å². The van der Waals surface area contributed by atoms with E-state index in [1.165, 1.54) is 0 Å². The van der Waals surface area contributed by atoms with Crippen LogP contribution in [0.1, 0.15) is 26.2 Å². The molecule has 2 heteroatoms. The molecule has 0 bridgehead atoms. The molecular weight excluding hydrogens is 116 g/mol. The molecule has 52 valence electrons. The average Bonchev–Trinajstić information content (AvgIpc) is 1.86. The molecule has 9 heavy (non-hydrogen) atoms. The van der Waals surface area contributed by atoms with Crippen LogP contribution in [0, 0.1) is 0 Å². The Morgan fingerprint density at radius 3 is 2.89 bits per heavy atom.